The average Bonchev–Trinajstić information content (AvgIpc) is 2.89. The third-order valence-corrected chi connectivity index (χ3v) is 5.50. The Labute approximate surface area is 137 Å². The lowest BCUT2D eigenvalue weighted by Gasteiger charge is -2.09. The number of hydrogen-bond acceptors (Lipinski definition) is 6. The molecule has 1 aromatic heterocycles. The van der Waals surface area contributed by atoms with Crippen LogP contribution in [0.5, 0.6) is 0 Å². The normalized spacial score (nSPS) is 11.2. The maximum absolute atomic E-state index is 12.4. The van der Waals surface area contributed by atoms with Gasteiger partial charge in [-0.15, -0.1) is 11.3 Å². The fourth-order valence-electron chi connectivity index (χ4n) is 1.67. The van der Waals surface area contributed by atoms with Gasteiger partial charge in [-0.05, 0) is 31.5 Å². The van der Waals surface area contributed by atoms with Gasteiger partial charge in [0.15, 0.2) is 10.8 Å². The third-order valence-electron chi connectivity index (χ3n) is 2.72. The van der Waals surface area contributed by atoms with Crippen LogP contribution in [0.15, 0.2) is 28.5 Å². The molecule has 1 heterocycles. The predicted molar refractivity (Wildman–Crippen MR) is 85.1 cm³/mol. The molecule has 0 radical (unpaired) electrons. The Bertz CT molecular complexity index is 802. The van der Waals surface area contributed by atoms with Crippen LogP contribution in [0.4, 0.5) is 5.13 Å². The summed E-state index contributed by atoms with van der Waals surface area (Å²) in [6, 6.07) is 4.61. The van der Waals surface area contributed by atoms with Crippen molar-refractivity contribution in [3.63, 3.8) is 0 Å². The van der Waals surface area contributed by atoms with E-state index in [-0.39, 0.29) is 22.3 Å². The van der Waals surface area contributed by atoms with Crippen LogP contribution >= 0.6 is 22.9 Å². The highest BCUT2D eigenvalue weighted by Crippen LogP contribution is 2.26. The molecule has 2 rings (SSSR count). The van der Waals surface area contributed by atoms with E-state index in [1.54, 1.807) is 26.0 Å². The van der Waals surface area contributed by atoms with Crippen LogP contribution in [0.3, 0.4) is 0 Å². The Balaban J connectivity index is 2.26. The number of anilines is 1. The Kier molecular flexibility index (Phi) is 5.05. The minimum Gasteiger partial charge on any atom is -0.461 e. The van der Waals surface area contributed by atoms with Crippen LogP contribution in [0.25, 0.3) is 0 Å². The number of esters is 1. The molecule has 9 heteroatoms. The molecule has 0 aliphatic rings. The smallest absolute Gasteiger partial charge is 0.357 e. The van der Waals surface area contributed by atoms with Gasteiger partial charge in [-0.1, -0.05) is 17.7 Å². The monoisotopic (exact) mass is 360 g/mol. The minimum absolute atomic E-state index is 0.0624. The first kappa shape index (κ1) is 16.7. The van der Waals surface area contributed by atoms with Crippen molar-refractivity contribution < 1.29 is 17.9 Å². The summed E-state index contributed by atoms with van der Waals surface area (Å²) in [5.41, 5.74) is 0.506. The zero-order valence-electron chi connectivity index (χ0n) is 11.8. The minimum atomic E-state index is -3.83. The second-order valence-corrected chi connectivity index (χ2v) is 7.14. The number of carbonyl (C=O) groups excluding carboxylic acids is 1. The summed E-state index contributed by atoms with van der Waals surface area (Å²) in [7, 11) is -3.83. The molecule has 0 bridgehead atoms. The molecular formula is C13H13ClN2O4S2. The molecule has 0 saturated carbocycles. The first-order valence-electron chi connectivity index (χ1n) is 6.25. The molecule has 6 nitrogen and oxygen atoms in total. The molecule has 0 unspecified atom stereocenters. The molecule has 0 aliphatic heterocycles. The van der Waals surface area contributed by atoms with E-state index in [1.165, 1.54) is 11.4 Å². The van der Waals surface area contributed by atoms with E-state index in [0.29, 0.717) is 10.6 Å². The van der Waals surface area contributed by atoms with Crippen molar-refractivity contribution in [1.29, 1.82) is 0 Å². The van der Waals surface area contributed by atoms with E-state index in [0.717, 1.165) is 11.3 Å². The lowest BCUT2D eigenvalue weighted by molar-refractivity contribution is 0.0520. The lowest BCUT2D eigenvalue weighted by atomic mass is 10.2. The van der Waals surface area contributed by atoms with Crippen LogP contribution in [0.1, 0.15) is 23.0 Å². The number of halogens is 1. The van der Waals surface area contributed by atoms with Crippen LogP contribution in [0.2, 0.25) is 5.02 Å². The van der Waals surface area contributed by atoms with Crippen molar-refractivity contribution in [3.8, 4) is 0 Å². The Morgan fingerprint density at radius 3 is 2.86 bits per heavy atom. The van der Waals surface area contributed by atoms with Crippen molar-refractivity contribution in [2.45, 2.75) is 18.7 Å². The number of nitrogens with one attached hydrogen (secondary N) is 1. The second kappa shape index (κ2) is 6.64. The van der Waals surface area contributed by atoms with E-state index in [4.69, 9.17) is 16.3 Å². The fourth-order valence-corrected chi connectivity index (χ4v) is 4.10. The highest BCUT2D eigenvalue weighted by molar-refractivity contribution is 7.93. The molecule has 0 saturated heterocycles. The molecule has 1 aromatic carbocycles. The van der Waals surface area contributed by atoms with Gasteiger partial charge in [0.1, 0.15) is 0 Å². The third kappa shape index (κ3) is 3.57. The van der Waals surface area contributed by atoms with Gasteiger partial charge in [0.05, 0.1) is 11.5 Å². The molecule has 2 aromatic rings. The molecule has 0 aliphatic carbocycles. The van der Waals surface area contributed by atoms with Gasteiger partial charge < -0.3 is 4.74 Å². The summed E-state index contributed by atoms with van der Waals surface area (Å²) >= 11 is 6.94. The van der Waals surface area contributed by atoms with Crippen molar-refractivity contribution >= 4 is 44.1 Å². The number of nitrogens with zero attached hydrogens (tertiary/aromatic N) is 1. The van der Waals surface area contributed by atoms with E-state index in [1.807, 2.05) is 0 Å². The van der Waals surface area contributed by atoms with E-state index in [9.17, 15) is 13.2 Å². The van der Waals surface area contributed by atoms with E-state index in [2.05, 4.69) is 9.71 Å². The Hall–Kier alpha value is -1.64. The first-order valence-corrected chi connectivity index (χ1v) is 9.00. The van der Waals surface area contributed by atoms with Crippen molar-refractivity contribution in [2.75, 3.05) is 11.3 Å². The quantitative estimate of drug-likeness (QED) is 0.828. The molecule has 0 amide bonds. The van der Waals surface area contributed by atoms with Gasteiger partial charge >= 0.3 is 5.97 Å². The zero-order chi connectivity index (χ0) is 16.3. The summed E-state index contributed by atoms with van der Waals surface area (Å²) in [6.45, 7) is 3.51. The Morgan fingerprint density at radius 2 is 2.18 bits per heavy atom. The first-order chi connectivity index (χ1) is 10.3. The Morgan fingerprint density at radius 1 is 1.45 bits per heavy atom. The number of aromatic nitrogens is 1. The van der Waals surface area contributed by atoms with Crippen LogP contribution in [-0.2, 0) is 14.8 Å². The fraction of sp³-hybridized carbons (Fsp3) is 0.231. The van der Waals surface area contributed by atoms with E-state index >= 15 is 0 Å². The summed E-state index contributed by atoms with van der Waals surface area (Å²) < 4.78 is 31.9. The number of sulfonamides is 1. The van der Waals surface area contributed by atoms with Gasteiger partial charge in [-0.3, -0.25) is 4.72 Å². The van der Waals surface area contributed by atoms with Crippen LogP contribution in [-0.4, -0.2) is 26.0 Å². The summed E-state index contributed by atoms with van der Waals surface area (Å²) in [4.78, 5) is 15.5. The highest BCUT2D eigenvalue weighted by Gasteiger charge is 2.21. The van der Waals surface area contributed by atoms with Crippen molar-refractivity contribution in [3.05, 3.63) is 39.9 Å². The molecule has 0 fully saturated rings. The molecule has 0 spiro atoms. The van der Waals surface area contributed by atoms with Gasteiger partial charge in [-0.25, -0.2) is 18.2 Å². The number of ether oxygens (including phenoxy) is 1. The number of hydrogen-bond donors (Lipinski definition) is 1. The van der Waals surface area contributed by atoms with E-state index < -0.39 is 16.0 Å². The molecular weight excluding hydrogens is 348 g/mol. The highest BCUT2D eigenvalue weighted by atomic mass is 35.5. The summed E-state index contributed by atoms with van der Waals surface area (Å²) in [6.07, 6.45) is 0. The molecule has 0 atom stereocenters. The standard InChI is InChI=1S/C13H13ClN2O4S2/c1-3-20-12(17)10-7-21-13(15-10)16-22(18,19)11-6-4-5-9(14)8(11)2/h4-7H,3H2,1-2H3,(H,15,16). The van der Waals surface area contributed by atoms with Gasteiger partial charge in [0.2, 0.25) is 0 Å². The number of thiazole rings is 1. The number of carbonyl (C=O) groups is 1. The maximum atomic E-state index is 12.4. The van der Waals surface area contributed by atoms with Gasteiger partial charge in [-0.2, -0.15) is 0 Å². The second-order valence-electron chi connectivity index (χ2n) is 4.23. The largest absolute Gasteiger partial charge is 0.461 e. The lowest BCUT2D eigenvalue weighted by Crippen LogP contribution is -2.14. The number of benzene rings is 1. The average molecular weight is 361 g/mol. The molecule has 1 N–H and O–H groups in total. The summed E-state index contributed by atoms with van der Waals surface area (Å²) in [5.74, 6) is -0.594. The number of rotatable bonds is 5. The predicted octanol–water partition coefficient (Wildman–Crippen LogP) is 3.08. The SMILES string of the molecule is CCOC(=O)c1csc(NS(=O)(=O)c2cccc(Cl)c2C)n1. The zero-order valence-corrected chi connectivity index (χ0v) is 14.2. The van der Waals surface area contributed by atoms with Crippen molar-refractivity contribution in [1.82, 2.24) is 4.98 Å². The molecule has 22 heavy (non-hydrogen) atoms. The van der Waals surface area contributed by atoms with Gasteiger partial charge in [0, 0.05) is 10.4 Å². The molecule has 118 valence electrons. The topological polar surface area (TPSA) is 85.4 Å². The van der Waals surface area contributed by atoms with Crippen LogP contribution < -0.4 is 4.72 Å². The summed E-state index contributed by atoms with van der Waals surface area (Å²) in [5, 5.41) is 1.87. The maximum Gasteiger partial charge on any atom is 0.357 e. The van der Waals surface area contributed by atoms with Crippen LogP contribution in [0, 0.1) is 6.92 Å². The van der Waals surface area contributed by atoms with Crippen molar-refractivity contribution in [2.24, 2.45) is 0 Å². The van der Waals surface area contributed by atoms with Gasteiger partial charge in [0.25, 0.3) is 10.0 Å².